The zero-order chi connectivity index (χ0) is 19.6. The Bertz CT molecular complexity index is 804. The minimum Gasteiger partial charge on any atom is -0.439 e. The molecule has 8 heteroatoms. The van der Waals surface area contributed by atoms with Crippen LogP contribution in [0.3, 0.4) is 0 Å². The van der Waals surface area contributed by atoms with Crippen LogP contribution in [0.25, 0.3) is 11.3 Å². The highest BCUT2D eigenvalue weighted by Crippen LogP contribution is 2.33. The lowest BCUT2D eigenvalue weighted by molar-refractivity contribution is -0.140. The van der Waals surface area contributed by atoms with Crippen molar-refractivity contribution >= 4 is 30.7 Å². The lowest BCUT2D eigenvalue weighted by atomic mass is 9.74. The Hall–Kier alpha value is -1.60. The fraction of sp³-hybridized carbons (Fsp3) is 0.545. The third kappa shape index (κ3) is 5.55. The third-order valence-electron chi connectivity index (χ3n) is 6.21. The van der Waals surface area contributed by atoms with Crippen molar-refractivity contribution in [2.45, 2.75) is 44.7 Å². The van der Waals surface area contributed by atoms with Gasteiger partial charge in [-0.1, -0.05) is 43.2 Å². The Morgan fingerprint density at radius 2 is 1.87 bits per heavy atom. The molecule has 1 amide bonds. The van der Waals surface area contributed by atoms with E-state index in [0.717, 1.165) is 69.1 Å². The quantitative estimate of drug-likeness (QED) is 0.761. The van der Waals surface area contributed by atoms with Crippen molar-refractivity contribution in [2.24, 2.45) is 11.7 Å². The van der Waals surface area contributed by atoms with Crippen LogP contribution >= 0.6 is 24.8 Å². The van der Waals surface area contributed by atoms with E-state index in [2.05, 4.69) is 9.88 Å². The van der Waals surface area contributed by atoms with Crippen LogP contribution < -0.4 is 5.73 Å². The summed E-state index contributed by atoms with van der Waals surface area (Å²) < 4.78 is 5.92. The molecule has 1 saturated heterocycles. The molecule has 2 atom stereocenters. The van der Waals surface area contributed by atoms with Gasteiger partial charge in [0.05, 0.1) is 18.7 Å². The zero-order valence-electron chi connectivity index (χ0n) is 17.5. The van der Waals surface area contributed by atoms with Crippen molar-refractivity contribution in [3.8, 4) is 11.3 Å². The van der Waals surface area contributed by atoms with E-state index in [1.807, 2.05) is 42.2 Å². The number of halogens is 2. The largest absolute Gasteiger partial charge is 0.439 e. The Kier molecular flexibility index (Phi) is 8.73. The Morgan fingerprint density at radius 3 is 2.53 bits per heavy atom. The van der Waals surface area contributed by atoms with Gasteiger partial charge < -0.3 is 15.1 Å². The average molecular weight is 455 g/mol. The molecule has 1 aliphatic heterocycles. The topological polar surface area (TPSA) is 75.6 Å². The summed E-state index contributed by atoms with van der Waals surface area (Å²) in [6.45, 7) is 5.88. The highest BCUT2D eigenvalue weighted by atomic mass is 35.5. The molecule has 0 radical (unpaired) electrons. The van der Waals surface area contributed by atoms with Crippen LogP contribution in [0.4, 0.5) is 0 Å². The molecule has 30 heavy (non-hydrogen) atoms. The number of nitrogens with two attached hydrogens (primary N) is 1. The summed E-state index contributed by atoms with van der Waals surface area (Å²) in [7, 11) is 0. The number of nitrogens with zero attached hydrogens (tertiary/aromatic N) is 3. The van der Waals surface area contributed by atoms with Crippen LogP contribution in [0.1, 0.15) is 38.5 Å². The molecule has 166 valence electrons. The molecular formula is C22H32Cl2N4O2. The number of carbonyl (C=O) groups excluding carboxylic acids is 1. The van der Waals surface area contributed by atoms with Gasteiger partial charge in [0.1, 0.15) is 0 Å². The molecule has 2 N–H and O–H groups in total. The maximum absolute atomic E-state index is 13.0. The summed E-state index contributed by atoms with van der Waals surface area (Å²) in [6, 6.07) is 10.0. The van der Waals surface area contributed by atoms with Crippen molar-refractivity contribution in [3.05, 3.63) is 42.4 Å². The lowest BCUT2D eigenvalue weighted by Gasteiger charge is -2.42. The first-order valence-corrected chi connectivity index (χ1v) is 10.3. The fourth-order valence-electron chi connectivity index (χ4n) is 4.42. The van der Waals surface area contributed by atoms with Crippen molar-refractivity contribution in [3.63, 3.8) is 0 Å². The van der Waals surface area contributed by atoms with Gasteiger partial charge >= 0.3 is 0 Å². The molecule has 6 nitrogen and oxygen atoms in total. The number of benzene rings is 1. The van der Waals surface area contributed by atoms with Crippen molar-refractivity contribution in [1.82, 2.24) is 14.8 Å². The van der Waals surface area contributed by atoms with Crippen molar-refractivity contribution in [2.75, 3.05) is 26.2 Å². The number of oxazole rings is 1. The zero-order valence-corrected chi connectivity index (χ0v) is 19.1. The normalized spacial score (nSPS) is 24.6. The van der Waals surface area contributed by atoms with Gasteiger partial charge in [-0.15, -0.1) is 24.8 Å². The predicted octanol–water partition coefficient (Wildman–Crippen LogP) is 3.74. The van der Waals surface area contributed by atoms with E-state index in [9.17, 15) is 4.79 Å². The second kappa shape index (κ2) is 10.6. The molecular weight excluding hydrogens is 423 g/mol. The van der Waals surface area contributed by atoms with E-state index >= 15 is 0 Å². The second-order valence-corrected chi connectivity index (χ2v) is 8.39. The molecule has 2 aromatic rings. The number of aromatic nitrogens is 1. The summed E-state index contributed by atoms with van der Waals surface area (Å²) in [4.78, 5) is 21.7. The first kappa shape index (κ1) is 24.7. The number of hydrogen-bond donors (Lipinski definition) is 1. The van der Waals surface area contributed by atoms with E-state index in [1.165, 1.54) is 0 Å². The monoisotopic (exact) mass is 454 g/mol. The molecule has 1 aromatic heterocycles. The van der Waals surface area contributed by atoms with Gasteiger partial charge in [0, 0.05) is 37.3 Å². The van der Waals surface area contributed by atoms with Gasteiger partial charge in [0.2, 0.25) is 11.8 Å². The van der Waals surface area contributed by atoms with Crippen LogP contribution in [-0.4, -0.2) is 52.4 Å². The number of hydrogen-bond acceptors (Lipinski definition) is 5. The fourth-order valence-corrected chi connectivity index (χ4v) is 4.42. The summed E-state index contributed by atoms with van der Waals surface area (Å²) >= 11 is 0. The first-order chi connectivity index (χ1) is 13.5. The van der Waals surface area contributed by atoms with E-state index < -0.39 is 0 Å². The molecule has 2 aliphatic rings. The number of amides is 1. The van der Waals surface area contributed by atoms with Crippen LogP contribution in [0.5, 0.6) is 0 Å². The van der Waals surface area contributed by atoms with Crippen molar-refractivity contribution in [1.29, 1.82) is 0 Å². The smallest absolute Gasteiger partial charge is 0.227 e. The van der Waals surface area contributed by atoms with Gasteiger partial charge in [-0.05, 0) is 19.8 Å². The SMILES string of the molecule is CC1(N)CCCCC1C(=O)N1CCN(Cc2ncc(-c3ccccc3)o2)CC1.Cl.Cl. The third-order valence-corrected chi connectivity index (χ3v) is 6.21. The van der Waals surface area contributed by atoms with Gasteiger partial charge in [0.15, 0.2) is 5.76 Å². The summed E-state index contributed by atoms with van der Waals surface area (Å²) in [6.07, 6.45) is 5.89. The van der Waals surface area contributed by atoms with E-state index in [0.29, 0.717) is 6.54 Å². The molecule has 2 unspecified atom stereocenters. The van der Waals surface area contributed by atoms with Gasteiger partial charge in [-0.2, -0.15) is 0 Å². The molecule has 1 aromatic carbocycles. The second-order valence-electron chi connectivity index (χ2n) is 8.39. The Labute approximate surface area is 191 Å². The van der Waals surface area contributed by atoms with E-state index in [1.54, 1.807) is 6.20 Å². The number of rotatable bonds is 4. The van der Waals surface area contributed by atoms with Crippen LogP contribution in [-0.2, 0) is 11.3 Å². The maximum Gasteiger partial charge on any atom is 0.227 e. The molecule has 2 heterocycles. The number of piperazine rings is 1. The standard InChI is InChI=1S/C22H30N4O2.2ClH/c1-22(23)10-6-5-9-18(22)21(27)26-13-11-25(12-14-26)16-20-24-15-19(28-20)17-7-3-2-4-8-17;;/h2-4,7-8,15,18H,5-6,9-14,16,23H2,1H3;2*1H. The molecule has 2 fully saturated rings. The number of carbonyl (C=O) groups is 1. The summed E-state index contributed by atoms with van der Waals surface area (Å²) in [5.74, 6) is 1.73. The lowest BCUT2D eigenvalue weighted by Crippen LogP contribution is -2.57. The molecule has 0 bridgehead atoms. The first-order valence-electron chi connectivity index (χ1n) is 10.3. The van der Waals surface area contributed by atoms with Crippen molar-refractivity contribution < 1.29 is 9.21 Å². The van der Waals surface area contributed by atoms with Crippen LogP contribution in [0.15, 0.2) is 40.9 Å². The van der Waals surface area contributed by atoms with Gasteiger partial charge in [-0.25, -0.2) is 4.98 Å². The average Bonchev–Trinajstić information content (AvgIpc) is 3.17. The van der Waals surface area contributed by atoms with Gasteiger partial charge in [-0.3, -0.25) is 9.69 Å². The highest BCUT2D eigenvalue weighted by molar-refractivity contribution is 5.85. The predicted molar refractivity (Wildman–Crippen MR) is 123 cm³/mol. The summed E-state index contributed by atoms with van der Waals surface area (Å²) in [5, 5.41) is 0. The molecule has 0 spiro atoms. The van der Waals surface area contributed by atoms with Crippen LogP contribution in [0, 0.1) is 5.92 Å². The minimum atomic E-state index is -0.363. The Morgan fingerprint density at radius 1 is 1.17 bits per heavy atom. The molecule has 1 saturated carbocycles. The molecule has 4 rings (SSSR count). The highest BCUT2D eigenvalue weighted by Gasteiger charge is 2.40. The summed E-state index contributed by atoms with van der Waals surface area (Å²) in [5.41, 5.74) is 7.10. The maximum atomic E-state index is 13.0. The van der Waals surface area contributed by atoms with Gasteiger partial charge in [0.25, 0.3) is 0 Å². The van der Waals surface area contributed by atoms with E-state index in [4.69, 9.17) is 10.2 Å². The molecule has 1 aliphatic carbocycles. The minimum absolute atomic E-state index is 0. The van der Waals surface area contributed by atoms with Crippen LogP contribution in [0.2, 0.25) is 0 Å². The Balaban J connectivity index is 0.00000160. The van der Waals surface area contributed by atoms with E-state index in [-0.39, 0.29) is 42.2 Å².